The van der Waals surface area contributed by atoms with Crippen molar-refractivity contribution in [2.24, 2.45) is 0 Å². The topological polar surface area (TPSA) is 68.9 Å². The van der Waals surface area contributed by atoms with E-state index >= 15 is 0 Å². The Labute approximate surface area is 121 Å². The summed E-state index contributed by atoms with van der Waals surface area (Å²) in [6.45, 7) is 3.79. The van der Waals surface area contributed by atoms with Crippen molar-refractivity contribution in [3.8, 4) is 0 Å². The van der Waals surface area contributed by atoms with Gasteiger partial charge in [0, 0.05) is 49.5 Å². The minimum absolute atomic E-state index is 0.00425. The molecule has 0 unspecified atom stereocenters. The molecule has 0 atom stereocenters. The molecule has 108 valence electrons. The summed E-state index contributed by atoms with van der Waals surface area (Å²) in [7, 11) is 0. The van der Waals surface area contributed by atoms with Crippen LogP contribution in [0.3, 0.4) is 0 Å². The van der Waals surface area contributed by atoms with Crippen LogP contribution in [0.2, 0.25) is 0 Å². The molecule has 0 spiro atoms. The molecule has 0 saturated heterocycles. The fraction of sp³-hybridized carbons (Fsp3) is 0.462. The first-order chi connectivity index (χ1) is 9.66. The van der Waals surface area contributed by atoms with Crippen LogP contribution in [0.15, 0.2) is 28.9 Å². The summed E-state index contributed by atoms with van der Waals surface area (Å²) in [5.41, 5.74) is 0.910. The van der Waals surface area contributed by atoms with Crippen molar-refractivity contribution < 1.29 is 4.79 Å². The fourth-order valence-corrected chi connectivity index (χ4v) is 2.65. The van der Waals surface area contributed by atoms with Gasteiger partial charge in [0.25, 0.3) is 0 Å². The SMILES string of the molecule is Cc1csc(=O)n1CCC(=O)NCCCn1ccnc1. The monoisotopic (exact) mass is 294 g/mol. The second-order valence-corrected chi connectivity index (χ2v) is 5.37. The van der Waals surface area contributed by atoms with E-state index < -0.39 is 0 Å². The quantitative estimate of drug-likeness (QED) is 0.775. The first kappa shape index (κ1) is 14.5. The predicted molar refractivity (Wildman–Crippen MR) is 77.8 cm³/mol. The molecule has 2 rings (SSSR count). The number of nitrogens with one attached hydrogen (secondary N) is 1. The number of hydrogen-bond acceptors (Lipinski definition) is 4. The second-order valence-electron chi connectivity index (χ2n) is 4.55. The minimum Gasteiger partial charge on any atom is -0.356 e. The summed E-state index contributed by atoms with van der Waals surface area (Å²) in [5, 5.41) is 4.67. The molecule has 0 aliphatic rings. The molecular weight excluding hydrogens is 276 g/mol. The van der Waals surface area contributed by atoms with E-state index in [9.17, 15) is 9.59 Å². The zero-order chi connectivity index (χ0) is 14.4. The van der Waals surface area contributed by atoms with E-state index in [1.807, 2.05) is 23.1 Å². The zero-order valence-electron chi connectivity index (χ0n) is 11.4. The van der Waals surface area contributed by atoms with Gasteiger partial charge in [-0.15, -0.1) is 0 Å². The summed E-state index contributed by atoms with van der Waals surface area (Å²) in [4.78, 5) is 27.1. The molecule has 1 N–H and O–H groups in total. The highest BCUT2D eigenvalue weighted by atomic mass is 32.1. The van der Waals surface area contributed by atoms with Gasteiger partial charge in [0.1, 0.15) is 0 Å². The van der Waals surface area contributed by atoms with Crippen LogP contribution in [-0.4, -0.2) is 26.6 Å². The van der Waals surface area contributed by atoms with E-state index in [2.05, 4.69) is 10.3 Å². The molecular formula is C13H18N4O2S. The maximum absolute atomic E-state index is 11.7. The number of nitrogens with zero attached hydrogens (tertiary/aromatic N) is 3. The number of amides is 1. The third kappa shape index (κ3) is 4.06. The highest BCUT2D eigenvalue weighted by molar-refractivity contribution is 7.07. The van der Waals surface area contributed by atoms with Gasteiger partial charge in [0.15, 0.2) is 0 Å². The number of carbonyl (C=O) groups excluding carboxylic acids is 1. The van der Waals surface area contributed by atoms with Gasteiger partial charge in [-0.05, 0) is 13.3 Å². The molecule has 0 fully saturated rings. The van der Waals surface area contributed by atoms with Gasteiger partial charge in [-0.3, -0.25) is 9.59 Å². The number of carbonyl (C=O) groups is 1. The van der Waals surface area contributed by atoms with Crippen molar-refractivity contribution in [2.45, 2.75) is 32.9 Å². The zero-order valence-corrected chi connectivity index (χ0v) is 12.2. The van der Waals surface area contributed by atoms with Crippen molar-refractivity contribution in [1.82, 2.24) is 19.4 Å². The van der Waals surface area contributed by atoms with Gasteiger partial charge >= 0.3 is 4.87 Å². The molecule has 2 aromatic rings. The molecule has 0 saturated carbocycles. The Kier molecular flexibility index (Phi) is 5.11. The first-order valence-corrected chi connectivity index (χ1v) is 7.42. The minimum atomic E-state index is -0.0202. The van der Waals surface area contributed by atoms with Crippen molar-refractivity contribution in [3.05, 3.63) is 39.5 Å². The smallest absolute Gasteiger partial charge is 0.307 e. The van der Waals surface area contributed by atoms with Crippen molar-refractivity contribution in [1.29, 1.82) is 0 Å². The number of aromatic nitrogens is 3. The Morgan fingerprint density at radius 3 is 2.95 bits per heavy atom. The Morgan fingerprint density at radius 2 is 2.30 bits per heavy atom. The molecule has 2 heterocycles. The summed E-state index contributed by atoms with van der Waals surface area (Å²) in [6.07, 6.45) is 6.59. The lowest BCUT2D eigenvalue weighted by Crippen LogP contribution is -2.27. The van der Waals surface area contributed by atoms with E-state index in [0.717, 1.165) is 18.7 Å². The fourth-order valence-electron chi connectivity index (χ4n) is 1.88. The van der Waals surface area contributed by atoms with Crippen LogP contribution in [0, 0.1) is 6.92 Å². The van der Waals surface area contributed by atoms with Crippen molar-refractivity contribution >= 4 is 17.2 Å². The molecule has 7 heteroatoms. The van der Waals surface area contributed by atoms with Gasteiger partial charge in [0.2, 0.25) is 5.91 Å². The van der Waals surface area contributed by atoms with Gasteiger partial charge in [-0.2, -0.15) is 0 Å². The van der Waals surface area contributed by atoms with Gasteiger partial charge in [-0.1, -0.05) is 11.3 Å². The Morgan fingerprint density at radius 1 is 1.45 bits per heavy atom. The lowest BCUT2D eigenvalue weighted by atomic mass is 10.3. The Bertz CT molecular complexity index is 600. The molecule has 6 nitrogen and oxygen atoms in total. The second kappa shape index (κ2) is 7.04. The van der Waals surface area contributed by atoms with Crippen LogP contribution in [0.5, 0.6) is 0 Å². The number of thiazole rings is 1. The first-order valence-electron chi connectivity index (χ1n) is 6.54. The third-order valence-electron chi connectivity index (χ3n) is 3.01. The molecule has 2 aromatic heterocycles. The normalized spacial score (nSPS) is 10.7. The molecule has 0 aliphatic heterocycles. The number of rotatable bonds is 7. The molecule has 20 heavy (non-hydrogen) atoms. The van der Waals surface area contributed by atoms with Crippen LogP contribution in [0.25, 0.3) is 0 Å². The van der Waals surface area contributed by atoms with E-state index in [1.165, 1.54) is 11.3 Å². The van der Waals surface area contributed by atoms with Crippen LogP contribution in [0.1, 0.15) is 18.5 Å². The predicted octanol–water partition coefficient (Wildman–Crippen LogP) is 1.01. The van der Waals surface area contributed by atoms with Crippen LogP contribution >= 0.6 is 11.3 Å². The van der Waals surface area contributed by atoms with E-state index in [1.54, 1.807) is 17.1 Å². The Hall–Kier alpha value is -1.89. The molecule has 0 aromatic carbocycles. The van der Waals surface area contributed by atoms with E-state index in [4.69, 9.17) is 0 Å². The van der Waals surface area contributed by atoms with Crippen LogP contribution in [0.4, 0.5) is 0 Å². The number of imidazole rings is 1. The third-order valence-corrected chi connectivity index (χ3v) is 3.89. The highest BCUT2D eigenvalue weighted by Crippen LogP contribution is 2.00. The van der Waals surface area contributed by atoms with Gasteiger partial charge < -0.3 is 14.5 Å². The van der Waals surface area contributed by atoms with Crippen LogP contribution in [-0.2, 0) is 17.9 Å². The molecule has 0 bridgehead atoms. The molecule has 1 amide bonds. The highest BCUT2D eigenvalue weighted by Gasteiger charge is 2.05. The Balaban J connectivity index is 1.64. The average Bonchev–Trinajstić information content (AvgIpc) is 3.04. The van der Waals surface area contributed by atoms with Gasteiger partial charge in [0.05, 0.1) is 6.33 Å². The van der Waals surface area contributed by atoms with E-state index in [-0.39, 0.29) is 10.8 Å². The van der Waals surface area contributed by atoms with Crippen LogP contribution < -0.4 is 10.2 Å². The summed E-state index contributed by atoms with van der Waals surface area (Å²) < 4.78 is 3.61. The molecule has 0 radical (unpaired) electrons. The maximum Gasteiger partial charge on any atom is 0.307 e. The number of hydrogen-bond donors (Lipinski definition) is 1. The maximum atomic E-state index is 11.7. The van der Waals surface area contributed by atoms with Gasteiger partial charge in [-0.25, -0.2) is 4.98 Å². The van der Waals surface area contributed by atoms with Crippen molar-refractivity contribution in [2.75, 3.05) is 6.54 Å². The standard InChI is InChI=1S/C13H18N4O2S/c1-11-9-20-13(19)17(11)7-3-12(18)15-4-2-6-16-8-5-14-10-16/h5,8-10H,2-4,6-7H2,1H3,(H,15,18). The lowest BCUT2D eigenvalue weighted by molar-refractivity contribution is -0.121. The lowest BCUT2D eigenvalue weighted by Gasteiger charge is -2.07. The van der Waals surface area contributed by atoms with E-state index in [0.29, 0.717) is 19.5 Å². The summed E-state index contributed by atoms with van der Waals surface area (Å²) >= 11 is 1.17. The number of aryl methyl sites for hydroxylation is 2. The summed E-state index contributed by atoms with van der Waals surface area (Å²) in [6, 6.07) is 0. The average molecular weight is 294 g/mol. The van der Waals surface area contributed by atoms with Crippen molar-refractivity contribution in [3.63, 3.8) is 0 Å². The largest absolute Gasteiger partial charge is 0.356 e. The summed E-state index contributed by atoms with van der Waals surface area (Å²) in [5.74, 6) is -0.0202. The molecule has 0 aliphatic carbocycles.